The van der Waals surface area contributed by atoms with E-state index < -0.39 is 0 Å². The van der Waals surface area contributed by atoms with Crippen molar-refractivity contribution < 1.29 is 9.84 Å². The molecule has 2 nitrogen and oxygen atoms in total. The summed E-state index contributed by atoms with van der Waals surface area (Å²) in [5, 5.41) is 10.7. The van der Waals surface area contributed by atoms with E-state index in [4.69, 9.17) is 27.9 Å². The fourth-order valence-electron chi connectivity index (χ4n) is 1.58. The first-order valence-corrected chi connectivity index (χ1v) is 6.19. The molecule has 0 aliphatic carbocycles. The molecule has 1 N–H and O–H groups in total. The van der Waals surface area contributed by atoms with Crippen LogP contribution in [0.5, 0.6) is 11.5 Å². The molecule has 2 aromatic rings. The highest BCUT2D eigenvalue weighted by Crippen LogP contribution is 2.29. The molecule has 0 bridgehead atoms. The summed E-state index contributed by atoms with van der Waals surface area (Å²) in [6, 6.07) is 10.5. The summed E-state index contributed by atoms with van der Waals surface area (Å²) in [5.74, 6) is 0.823. The monoisotopic (exact) mass is 282 g/mol. The molecule has 0 atom stereocenters. The second kappa shape index (κ2) is 5.51. The van der Waals surface area contributed by atoms with Crippen LogP contribution in [-0.2, 0) is 6.61 Å². The van der Waals surface area contributed by atoms with Crippen molar-refractivity contribution in [3.05, 3.63) is 57.6 Å². The van der Waals surface area contributed by atoms with Crippen LogP contribution in [0.15, 0.2) is 36.4 Å². The minimum absolute atomic E-state index is 0.206. The van der Waals surface area contributed by atoms with Gasteiger partial charge >= 0.3 is 0 Å². The minimum atomic E-state index is 0.206. The van der Waals surface area contributed by atoms with Crippen LogP contribution < -0.4 is 4.74 Å². The van der Waals surface area contributed by atoms with Crippen molar-refractivity contribution in [3.8, 4) is 11.5 Å². The maximum absolute atomic E-state index is 9.57. The lowest BCUT2D eigenvalue weighted by molar-refractivity contribution is 0.302. The second-order valence-corrected chi connectivity index (χ2v) is 4.70. The number of phenolic OH excluding ortho intramolecular Hbond substituents is 1. The van der Waals surface area contributed by atoms with Gasteiger partial charge in [0, 0.05) is 21.2 Å². The van der Waals surface area contributed by atoms with Gasteiger partial charge in [-0.3, -0.25) is 0 Å². The molecule has 4 heteroatoms. The van der Waals surface area contributed by atoms with Crippen molar-refractivity contribution >= 4 is 23.2 Å². The van der Waals surface area contributed by atoms with Gasteiger partial charge in [0.25, 0.3) is 0 Å². The van der Waals surface area contributed by atoms with Crippen LogP contribution in [0.4, 0.5) is 0 Å². The summed E-state index contributed by atoms with van der Waals surface area (Å²) in [5.41, 5.74) is 1.43. The van der Waals surface area contributed by atoms with E-state index in [2.05, 4.69) is 0 Å². The Morgan fingerprint density at radius 1 is 1.06 bits per heavy atom. The van der Waals surface area contributed by atoms with Crippen molar-refractivity contribution in [1.82, 2.24) is 0 Å². The zero-order valence-electron chi connectivity index (χ0n) is 9.78. The third-order valence-electron chi connectivity index (χ3n) is 2.69. The zero-order chi connectivity index (χ0) is 13.1. The van der Waals surface area contributed by atoms with E-state index in [0.29, 0.717) is 21.4 Å². The third kappa shape index (κ3) is 2.71. The normalized spacial score (nSPS) is 10.4. The molecule has 0 fully saturated rings. The van der Waals surface area contributed by atoms with Gasteiger partial charge in [0.05, 0.1) is 0 Å². The topological polar surface area (TPSA) is 29.5 Å². The van der Waals surface area contributed by atoms with Gasteiger partial charge < -0.3 is 9.84 Å². The van der Waals surface area contributed by atoms with Crippen LogP contribution in [0.25, 0.3) is 0 Å². The molecule has 0 heterocycles. The quantitative estimate of drug-likeness (QED) is 0.893. The highest BCUT2D eigenvalue weighted by molar-refractivity contribution is 6.35. The molecule has 94 valence electrons. The second-order valence-electron chi connectivity index (χ2n) is 3.89. The molecule has 2 rings (SSSR count). The van der Waals surface area contributed by atoms with E-state index in [1.807, 2.05) is 0 Å². The largest absolute Gasteiger partial charge is 0.508 e. The van der Waals surface area contributed by atoms with Crippen molar-refractivity contribution in [2.45, 2.75) is 13.5 Å². The summed E-state index contributed by atoms with van der Waals surface area (Å²) in [4.78, 5) is 0. The number of hydrogen-bond donors (Lipinski definition) is 1. The van der Waals surface area contributed by atoms with Gasteiger partial charge in [-0.1, -0.05) is 35.3 Å². The summed E-state index contributed by atoms with van der Waals surface area (Å²) in [6.45, 7) is 2.06. The predicted octanol–water partition coefficient (Wildman–Crippen LogP) is 4.59. The molecule has 0 aliphatic rings. The maximum Gasteiger partial charge on any atom is 0.126 e. The molecule has 0 unspecified atom stereocenters. The lowest BCUT2D eigenvalue weighted by atomic mass is 10.2. The van der Waals surface area contributed by atoms with Crippen LogP contribution in [0.2, 0.25) is 10.0 Å². The van der Waals surface area contributed by atoms with Crippen LogP contribution in [0.3, 0.4) is 0 Å². The number of rotatable bonds is 3. The van der Waals surface area contributed by atoms with Crippen molar-refractivity contribution in [3.63, 3.8) is 0 Å². The van der Waals surface area contributed by atoms with Crippen LogP contribution in [0, 0.1) is 6.92 Å². The molecular formula is C14H12Cl2O2. The molecule has 18 heavy (non-hydrogen) atoms. The highest BCUT2D eigenvalue weighted by atomic mass is 35.5. The summed E-state index contributed by atoms with van der Waals surface area (Å²) < 4.78 is 5.64. The van der Waals surface area contributed by atoms with Crippen LogP contribution >= 0.6 is 23.2 Å². The van der Waals surface area contributed by atoms with Crippen LogP contribution in [0.1, 0.15) is 11.1 Å². The number of benzene rings is 2. The average Bonchev–Trinajstić information content (AvgIpc) is 2.33. The Bertz CT molecular complexity index is 547. The fraction of sp³-hybridized carbons (Fsp3) is 0.143. The summed E-state index contributed by atoms with van der Waals surface area (Å²) in [6.07, 6.45) is 0. The average molecular weight is 283 g/mol. The Morgan fingerprint density at radius 2 is 1.67 bits per heavy atom. The number of ether oxygens (including phenoxy) is 1. The predicted molar refractivity (Wildman–Crippen MR) is 73.6 cm³/mol. The Kier molecular flexibility index (Phi) is 4.00. The molecule has 0 spiro atoms. The van der Waals surface area contributed by atoms with E-state index in [0.717, 1.165) is 5.56 Å². The highest BCUT2D eigenvalue weighted by Gasteiger charge is 2.08. The van der Waals surface area contributed by atoms with E-state index in [-0.39, 0.29) is 12.4 Å². The SMILES string of the molecule is Cc1c(O)cccc1OCc1c(Cl)cccc1Cl. The molecule has 0 saturated heterocycles. The van der Waals surface area contributed by atoms with Gasteiger partial charge in [0.2, 0.25) is 0 Å². The summed E-state index contributed by atoms with van der Waals surface area (Å²) in [7, 11) is 0. The smallest absolute Gasteiger partial charge is 0.126 e. The molecule has 0 aliphatic heterocycles. The van der Waals surface area contributed by atoms with Gasteiger partial charge in [-0.2, -0.15) is 0 Å². The summed E-state index contributed by atoms with van der Waals surface area (Å²) >= 11 is 12.1. The number of phenols is 1. The third-order valence-corrected chi connectivity index (χ3v) is 3.40. The minimum Gasteiger partial charge on any atom is -0.508 e. The molecule has 0 aromatic heterocycles. The molecule has 0 saturated carbocycles. The lowest BCUT2D eigenvalue weighted by Crippen LogP contribution is -1.98. The van der Waals surface area contributed by atoms with Gasteiger partial charge in [-0.05, 0) is 31.2 Å². The van der Waals surface area contributed by atoms with E-state index in [9.17, 15) is 5.11 Å². The Balaban J connectivity index is 2.19. The van der Waals surface area contributed by atoms with Crippen molar-refractivity contribution in [1.29, 1.82) is 0 Å². The van der Waals surface area contributed by atoms with Gasteiger partial charge in [-0.15, -0.1) is 0 Å². The van der Waals surface area contributed by atoms with E-state index in [1.165, 1.54) is 0 Å². The first kappa shape index (κ1) is 13.1. The number of halogens is 2. The molecule has 0 amide bonds. The Hall–Kier alpha value is -1.38. The number of aromatic hydroxyl groups is 1. The Morgan fingerprint density at radius 3 is 2.33 bits per heavy atom. The van der Waals surface area contributed by atoms with Crippen molar-refractivity contribution in [2.75, 3.05) is 0 Å². The fourth-order valence-corrected chi connectivity index (χ4v) is 2.09. The standard InChI is InChI=1S/C14H12Cl2O2/c1-9-13(17)6-3-7-14(9)18-8-10-11(15)4-2-5-12(10)16/h2-7,17H,8H2,1H3. The molecular weight excluding hydrogens is 271 g/mol. The van der Waals surface area contributed by atoms with E-state index >= 15 is 0 Å². The maximum atomic E-state index is 9.57. The Labute approximate surface area is 116 Å². The van der Waals surface area contributed by atoms with Crippen LogP contribution in [-0.4, -0.2) is 5.11 Å². The van der Waals surface area contributed by atoms with E-state index in [1.54, 1.807) is 43.3 Å². The van der Waals surface area contributed by atoms with Crippen molar-refractivity contribution in [2.24, 2.45) is 0 Å². The lowest BCUT2D eigenvalue weighted by Gasteiger charge is -2.12. The molecule has 2 aromatic carbocycles. The first-order valence-electron chi connectivity index (χ1n) is 5.44. The van der Waals surface area contributed by atoms with Gasteiger partial charge in [0.1, 0.15) is 18.1 Å². The molecule has 0 radical (unpaired) electrons. The number of hydrogen-bond acceptors (Lipinski definition) is 2. The first-order chi connectivity index (χ1) is 8.59. The zero-order valence-corrected chi connectivity index (χ0v) is 11.3. The van der Waals surface area contributed by atoms with Gasteiger partial charge in [-0.25, -0.2) is 0 Å². The van der Waals surface area contributed by atoms with Gasteiger partial charge in [0.15, 0.2) is 0 Å².